The Morgan fingerprint density at radius 2 is 2.15 bits per heavy atom. The molecule has 2 N–H and O–H groups in total. The van der Waals surface area contributed by atoms with E-state index in [9.17, 15) is 0 Å². The number of halogens is 1. The van der Waals surface area contributed by atoms with Crippen LogP contribution in [0.1, 0.15) is 35.6 Å². The highest BCUT2D eigenvalue weighted by Crippen LogP contribution is 2.35. The minimum atomic E-state index is 0.0259. The number of hydrogen-bond donors (Lipinski definition) is 1. The molecule has 0 aliphatic heterocycles. The van der Waals surface area contributed by atoms with Crippen molar-refractivity contribution in [3.63, 3.8) is 0 Å². The quantitative estimate of drug-likeness (QED) is 0.938. The van der Waals surface area contributed by atoms with Gasteiger partial charge in [0.15, 0.2) is 0 Å². The Bertz CT molecular complexity index is 615. The molecule has 2 aromatic rings. The summed E-state index contributed by atoms with van der Waals surface area (Å²) in [5, 5.41) is 0.526. The molecule has 1 aliphatic carbocycles. The molecule has 1 aromatic heterocycles. The number of aromatic nitrogens is 1. The van der Waals surface area contributed by atoms with Gasteiger partial charge in [-0.2, -0.15) is 0 Å². The summed E-state index contributed by atoms with van der Waals surface area (Å²) in [6.07, 6.45) is 4.94. The van der Waals surface area contributed by atoms with Gasteiger partial charge in [-0.15, -0.1) is 0 Å². The number of rotatable bonds is 3. The molecule has 0 spiro atoms. The number of aryl methyl sites for hydroxylation is 1. The van der Waals surface area contributed by atoms with Gasteiger partial charge in [0.05, 0.1) is 0 Å². The predicted molar refractivity (Wildman–Crippen MR) is 79.9 cm³/mol. The Balaban J connectivity index is 1.90. The van der Waals surface area contributed by atoms with Gasteiger partial charge in [0, 0.05) is 12.7 Å². The van der Waals surface area contributed by atoms with Crippen molar-refractivity contribution in [3.05, 3.63) is 58.2 Å². The SMILES string of the molecule is NCc1ccnc(OC2CCCc3ccccc32)c1Cl. The van der Waals surface area contributed by atoms with E-state index in [1.54, 1.807) is 6.20 Å². The smallest absolute Gasteiger partial charge is 0.233 e. The number of nitrogens with zero attached hydrogens (tertiary/aromatic N) is 1. The maximum absolute atomic E-state index is 6.29. The molecule has 0 saturated carbocycles. The van der Waals surface area contributed by atoms with Gasteiger partial charge in [-0.25, -0.2) is 4.98 Å². The molecular weight excluding hydrogens is 272 g/mol. The molecule has 20 heavy (non-hydrogen) atoms. The van der Waals surface area contributed by atoms with Crippen LogP contribution >= 0.6 is 11.6 Å². The highest BCUT2D eigenvalue weighted by atomic mass is 35.5. The van der Waals surface area contributed by atoms with E-state index in [1.165, 1.54) is 11.1 Å². The fourth-order valence-corrected chi connectivity index (χ4v) is 2.90. The van der Waals surface area contributed by atoms with Crippen LogP contribution in [0.15, 0.2) is 36.5 Å². The number of pyridine rings is 1. The van der Waals surface area contributed by atoms with Gasteiger partial charge >= 0.3 is 0 Å². The molecule has 0 fully saturated rings. The van der Waals surface area contributed by atoms with E-state index in [2.05, 4.69) is 23.2 Å². The van der Waals surface area contributed by atoms with Crippen molar-refractivity contribution in [1.29, 1.82) is 0 Å². The molecule has 3 rings (SSSR count). The summed E-state index contributed by atoms with van der Waals surface area (Å²) in [6, 6.07) is 10.2. The summed E-state index contributed by atoms with van der Waals surface area (Å²) in [4.78, 5) is 4.24. The molecule has 0 amide bonds. The third kappa shape index (κ3) is 2.51. The second-order valence-electron chi connectivity index (χ2n) is 4.99. The molecule has 1 aromatic carbocycles. The van der Waals surface area contributed by atoms with Crippen molar-refractivity contribution in [1.82, 2.24) is 4.98 Å². The average molecular weight is 289 g/mol. The Hall–Kier alpha value is -1.58. The summed E-state index contributed by atoms with van der Waals surface area (Å²) in [6.45, 7) is 0.388. The minimum absolute atomic E-state index is 0.0259. The standard InChI is InChI=1S/C16H17ClN2O/c17-15-12(10-18)8-9-19-16(15)20-14-7-3-5-11-4-1-2-6-13(11)14/h1-2,4,6,8-9,14H,3,5,7,10,18H2. The second-order valence-corrected chi connectivity index (χ2v) is 5.37. The Morgan fingerprint density at radius 1 is 1.30 bits per heavy atom. The molecule has 1 aliphatic rings. The molecule has 1 unspecified atom stereocenters. The molecule has 1 heterocycles. The van der Waals surface area contributed by atoms with Crippen LogP contribution in [0.25, 0.3) is 0 Å². The van der Waals surface area contributed by atoms with Crippen molar-refractivity contribution >= 4 is 11.6 Å². The highest BCUT2D eigenvalue weighted by Gasteiger charge is 2.22. The number of fused-ring (bicyclic) bond motifs is 1. The molecule has 104 valence electrons. The number of hydrogen-bond acceptors (Lipinski definition) is 3. The van der Waals surface area contributed by atoms with Crippen LogP contribution in [-0.4, -0.2) is 4.98 Å². The third-order valence-corrected chi connectivity index (χ3v) is 4.13. The molecule has 3 nitrogen and oxygen atoms in total. The predicted octanol–water partition coefficient (Wildman–Crippen LogP) is 3.65. The summed E-state index contributed by atoms with van der Waals surface area (Å²) in [7, 11) is 0. The maximum atomic E-state index is 6.29. The summed E-state index contributed by atoms with van der Waals surface area (Å²) in [5.74, 6) is 0.483. The van der Waals surface area contributed by atoms with Crippen molar-refractivity contribution < 1.29 is 4.74 Å². The Kier molecular flexibility index (Phi) is 3.90. The highest BCUT2D eigenvalue weighted by molar-refractivity contribution is 6.32. The second kappa shape index (κ2) is 5.81. The number of ether oxygens (including phenoxy) is 1. The van der Waals surface area contributed by atoms with Gasteiger partial charge in [0.2, 0.25) is 5.88 Å². The topological polar surface area (TPSA) is 48.1 Å². The minimum Gasteiger partial charge on any atom is -0.468 e. The molecular formula is C16H17ClN2O. The van der Waals surface area contributed by atoms with Gasteiger partial charge < -0.3 is 10.5 Å². The van der Waals surface area contributed by atoms with E-state index in [1.807, 2.05) is 12.1 Å². The lowest BCUT2D eigenvalue weighted by atomic mass is 9.89. The normalized spacial score (nSPS) is 17.6. The molecule has 0 radical (unpaired) electrons. The molecule has 0 bridgehead atoms. The first kappa shape index (κ1) is 13.4. The molecule has 1 atom stereocenters. The van der Waals surface area contributed by atoms with Crippen LogP contribution < -0.4 is 10.5 Å². The van der Waals surface area contributed by atoms with E-state index >= 15 is 0 Å². The molecule has 0 saturated heterocycles. The lowest BCUT2D eigenvalue weighted by Gasteiger charge is -2.26. The van der Waals surface area contributed by atoms with Crippen LogP contribution in [0.5, 0.6) is 5.88 Å². The summed E-state index contributed by atoms with van der Waals surface area (Å²) >= 11 is 6.29. The largest absolute Gasteiger partial charge is 0.468 e. The fourth-order valence-electron chi connectivity index (χ4n) is 2.67. The molecule has 4 heteroatoms. The first-order valence-electron chi connectivity index (χ1n) is 6.87. The zero-order valence-electron chi connectivity index (χ0n) is 11.2. The summed E-state index contributed by atoms with van der Waals surface area (Å²) in [5.41, 5.74) is 9.12. The lowest BCUT2D eigenvalue weighted by Crippen LogP contribution is -2.16. The van der Waals surface area contributed by atoms with Crippen LogP contribution in [0, 0.1) is 0 Å². The van der Waals surface area contributed by atoms with Crippen LogP contribution in [0.3, 0.4) is 0 Å². The first-order valence-corrected chi connectivity index (χ1v) is 7.25. The van der Waals surface area contributed by atoms with Gasteiger partial charge in [0.25, 0.3) is 0 Å². The first-order chi connectivity index (χ1) is 9.79. The average Bonchev–Trinajstić information content (AvgIpc) is 2.50. The fraction of sp³-hybridized carbons (Fsp3) is 0.312. The van der Waals surface area contributed by atoms with E-state index < -0.39 is 0 Å². The summed E-state index contributed by atoms with van der Waals surface area (Å²) < 4.78 is 6.06. The number of nitrogens with two attached hydrogens (primary N) is 1. The zero-order chi connectivity index (χ0) is 13.9. The van der Waals surface area contributed by atoms with E-state index in [4.69, 9.17) is 22.1 Å². The van der Waals surface area contributed by atoms with Crippen molar-refractivity contribution in [2.24, 2.45) is 5.73 Å². The van der Waals surface area contributed by atoms with Gasteiger partial charge in [-0.05, 0) is 42.0 Å². The Morgan fingerprint density at radius 3 is 3.00 bits per heavy atom. The monoisotopic (exact) mass is 288 g/mol. The maximum Gasteiger partial charge on any atom is 0.233 e. The zero-order valence-corrected chi connectivity index (χ0v) is 11.9. The van der Waals surface area contributed by atoms with Gasteiger partial charge in [0.1, 0.15) is 11.1 Å². The van der Waals surface area contributed by atoms with Crippen molar-refractivity contribution in [2.45, 2.75) is 31.9 Å². The lowest BCUT2D eigenvalue weighted by molar-refractivity contribution is 0.176. The van der Waals surface area contributed by atoms with Crippen molar-refractivity contribution in [3.8, 4) is 5.88 Å². The van der Waals surface area contributed by atoms with E-state index in [-0.39, 0.29) is 6.10 Å². The van der Waals surface area contributed by atoms with Crippen LogP contribution in [0.4, 0.5) is 0 Å². The third-order valence-electron chi connectivity index (χ3n) is 3.73. The van der Waals surface area contributed by atoms with Gasteiger partial charge in [-0.1, -0.05) is 35.9 Å². The van der Waals surface area contributed by atoms with Crippen molar-refractivity contribution in [2.75, 3.05) is 0 Å². The van der Waals surface area contributed by atoms with E-state index in [0.717, 1.165) is 24.8 Å². The van der Waals surface area contributed by atoms with E-state index in [0.29, 0.717) is 17.4 Å². The Labute approximate surface area is 123 Å². The van der Waals surface area contributed by atoms with Crippen LogP contribution in [-0.2, 0) is 13.0 Å². The van der Waals surface area contributed by atoms with Crippen LogP contribution in [0.2, 0.25) is 5.02 Å². The van der Waals surface area contributed by atoms with Gasteiger partial charge in [-0.3, -0.25) is 0 Å². The number of benzene rings is 1.